The Morgan fingerprint density at radius 1 is 0.917 bits per heavy atom. The zero-order chi connectivity index (χ0) is 17.6. The van der Waals surface area contributed by atoms with Crippen molar-refractivity contribution >= 4 is 0 Å². The first-order chi connectivity index (χ1) is 11.7. The average molecular weight is 336 g/mol. The highest BCUT2D eigenvalue weighted by Crippen LogP contribution is 2.19. The number of aliphatic hydroxyl groups excluding tert-OH is 2. The zero-order valence-electron chi connectivity index (χ0n) is 15.4. The molecule has 4 N–H and O–H groups in total. The maximum atomic E-state index is 10.1. The summed E-state index contributed by atoms with van der Waals surface area (Å²) >= 11 is 0. The van der Waals surface area contributed by atoms with Gasteiger partial charge in [-0.15, -0.1) is 0 Å². The van der Waals surface area contributed by atoms with Crippen LogP contribution in [0, 0.1) is 0 Å². The lowest BCUT2D eigenvalue weighted by atomic mass is 9.98. The lowest BCUT2D eigenvalue weighted by Crippen LogP contribution is -2.31. The van der Waals surface area contributed by atoms with Gasteiger partial charge in [-0.25, -0.2) is 0 Å². The van der Waals surface area contributed by atoms with Gasteiger partial charge in [0.25, 0.3) is 0 Å². The van der Waals surface area contributed by atoms with Crippen LogP contribution in [0.2, 0.25) is 0 Å². The van der Waals surface area contributed by atoms with E-state index in [9.17, 15) is 5.11 Å². The number of unbranched alkanes of at least 4 members (excludes halogenated alkanes) is 9. The molecule has 1 rings (SSSR count). The summed E-state index contributed by atoms with van der Waals surface area (Å²) in [6, 6.07) is 7.36. The van der Waals surface area contributed by atoms with Crippen molar-refractivity contribution in [1.82, 2.24) is 0 Å². The van der Waals surface area contributed by atoms with Crippen LogP contribution in [0.25, 0.3) is 0 Å². The molecule has 0 saturated carbocycles. The molecule has 3 nitrogen and oxygen atoms in total. The number of benzene rings is 1. The molecule has 0 bridgehead atoms. The van der Waals surface area contributed by atoms with E-state index < -0.39 is 12.1 Å². The van der Waals surface area contributed by atoms with Gasteiger partial charge in [0.05, 0.1) is 18.8 Å². The number of rotatable bonds is 14. The third-order valence-electron chi connectivity index (χ3n) is 4.73. The molecule has 0 saturated heterocycles. The number of aliphatic hydroxyl groups is 2. The summed E-state index contributed by atoms with van der Waals surface area (Å²) < 4.78 is 0. The summed E-state index contributed by atoms with van der Waals surface area (Å²) in [7, 11) is 0. The minimum atomic E-state index is -0.789. The molecular weight excluding hydrogens is 298 g/mol. The van der Waals surface area contributed by atoms with Crippen LogP contribution in [-0.2, 0) is 6.42 Å². The van der Waals surface area contributed by atoms with Crippen molar-refractivity contribution in [2.24, 2.45) is 5.73 Å². The maximum absolute atomic E-state index is 10.1. The fraction of sp³-hybridized carbons (Fsp3) is 0.714. The predicted molar refractivity (Wildman–Crippen MR) is 102 cm³/mol. The van der Waals surface area contributed by atoms with E-state index >= 15 is 0 Å². The Balaban J connectivity index is 2.15. The largest absolute Gasteiger partial charge is 0.395 e. The molecule has 0 radical (unpaired) electrons. The Kier molecular flexibility index (Phi) is 11.8. The molecule has 1 aromatic rings. The van der Waals surface area contributed by atoms with Crippen LogP contribution in [0.5, 0.6) is 0 Å². The van der Waals surface area contributed by atoms with Gasteiger partial charge in [-0.1, -0.05) is 89.0 Å². The Morgan fingerprint density at radius 2 is 1.50 bits per heavy atom. The summed E-state index contributed by atoms with van der Waals surface area (Å²) in [5.74, 6) is 0. The molecule has 0 heterocycles. The van der Waals surface area contributed by atoms with Crippen LogP contribution in [0.4, 0.5) is 0 Å². The highest BCUT2D eigenvalue weighted by molar-refractivity contribution is 5.26. The van der Waals surface area contributed by atoms with Gasteiger partial charge < -0.3 is 15.9 Å². The molecule has 0 amide bonds. The van der Waals surface area contributed by atoms with Crippen LogP contribution in [-0.4, -0.2) is 22.9 Å². The van der Waals surface area contributed by atoms with Crippen LogP contribution in [0.15, 0.2) is 24.3 Å². The predicted octanol–water partition coefficient (Wildman–Crippen LogP) is 4.50. The molecule has 0 spiro atoms. The third kappa shape index (κ3) is 8.81. The Morgan fingerprint density at radius 3 is 2.08 bits per heavy atom. The lowest BCUT2D eigenvalue weighted by Gasteiger charge is -2.17. The summed E-state index contributed by atoms with van der Waals surface area (Å²) in [6.07, 6.45) is 13.7. The average Bonchev–Trinajstić information content (AvgIpc) is 2.62. The van der Waals surface area contributed by atoms with E-state index in [2.05, 4.69) is 13.0 Å². The first-order valence-electron chi connectivity index (χ1n) is 9.82. The monoisotopic (exact) mass is 335 g/mol. The second-order valence-corrected chi connectivity index (χ2v) is 6.97. The van der Waals surface area contributed by atoms with Crippen molar-refractivity contribution in [2.75, 3.05) is 6.61 Å². The van der Waals surface area contributed by atoms with Gasteiger partial charge in [0, 0.05) is 0 Å². The summed E-state index contributed by atoms with van der Waals surface area (Å²) in [5.41, 5.74) is 7.76. The molecule has 0 aromatic heterocycles. The van der Waals surface area contributed by atoms with Gasteiger partial charge in [-0.05, 0) is 24.0 Å². The summed E-state index contributed by atoms with van der Waals surface area (Å²) in [6.45, 7) is 2.06. The van der Waals surface area contributed by atoms with E-state index in [-0.39, 0.29) is 6.61 Å². The molecule has 0 aliphatic carbocycles. The molecule has 0 aliphatic heterocycles. The van der Waals surface area contributed by atoms with E-state index in [1.54, 1.807) is 0 Å². The molecule has 0 aliphatic rings. The van der Waals surface area contributed by atoms with Gasteiger partial charge in [0.2, 0.25) is 0 Å². The summed E-state index contributed by atoms with van der Waals surface area (Å²) in [5, 5.41) is 19.1. The summed E-state index contributed by atoms with van der Waals surface area (Å²) in [4.78, 5) is 0. The molecule has 1 aromatic carbocycles. The van der Waals surface area contributed by atoms with Crippen molar-refractivity contribution < 1.29 is 10.2 Å². The number of hydrogen-bond donors (Lipinski definition) is 3. The van der Waals surface area contributed by atoms with Crippen LogP contribution in [0.3, 0.4) is 0 Å². The van der Waals surface area contributed by atoms with Crippen molar-refractivity contribution in [3.63, 3.8) is 0 Å². The smallest absolute Gasteiger partial charge is 0.0963 e. The minimum absolute atomic E-state index is 0.205. The molecule has 2 atom stereocenters. The van der Waals surface area contributed by atoms with Crippen molar-refractivity contribution in [3.8, 4) is 0 Å². The van der Waals surface area contributed by atoms with E-state index in [0.717, 1.165) is 12.0 Å². The SMILES string of the molecule is CCCCCCCCCCCCc1cccc([C@@H](O)[C@@H](N)CO)c1. The highest BCUT2D eigenvalue weighted by atomic mass is 16.3. The van der Waals surface area contributed by atoms with Gasteiger partial charge in [0.1, 0.15) is 0 Å². The Hall–Kier alpha value is -0.900. The van der Waals surface area contributed by atoms with Gasteiger partial charge in [-0.3, -0.25) is 0 Å². The van der Waals surface area contributed by atoms with E-state index in [0.29, 0.717) is 0 Å². The van der Waals surface area contributed by atoms with Crippen LogP contribution in [0.1, 0.15) is 88.4 Å². The Bertz CT molecular complexity index is 422. The van der Waals surface area contributed by atoms with Crippen molar-refractivity contribution in [2.45, 2.75) is 89.7 Å². The number of nitrogens with two attached hydrogens (primary N) is 1. The highest BCUT2D eigenvalue weighted by Gasteiger charge is 2.15. The molecule has 0 unspecified atom stereocenters. The number of aryl methyl sites for hydroxylation is 1. The van der Waals surface area contributed by atoms with Crippen molar-refractivity contribution in [1.29, 1.82) is 0 Å². The first kappa shape index (κ1) is 21.1. The number of hydrogen-bond acceptors (Lipinski definition) is 3. The van der Waals surface area contributed by atoms with E-state index in [1.165, 1.54) is 69.8 Å². The van der Waals surface area contributed by atoms with E-state index in [1.807, 2.05) is 18.2 Å². The van der Waals surface area contributed by atoms with Crippen LogP contribution >= 0.6 is 0 Å². The Labute approximate surface area is 148 Å². The van der Waals surface area contributed by atoms with Crippen molar-refractivity contribution in [3.05, 3.63) is 35.4 Å². The third-order valence-corrected chi connectivity index (χ3v) is 4.73. The fourth-order valence-electron chi connectivity index (χ4n) is 3.10. The fourth-order valence-corrected chi connectivity index (χ4v) is 3.10. The second-order valence-electron chi connectivity index (χ2n) is 6.97. The standard InChI is InChI=1S/C21H37NO2/c1-2-3-4-5-6-7-8-9-10-11-13-18-14-12-15-19(16-18)21(24)20(22)17-23/h12,14-16,20-21,23-24H,2-11,13,17,22H2,1H3/t20-,21+/m0/s1. The second kappa shape index (κ2) is 13.4. The van der Waals surface area contributed by atoms with Gasteiger partial charge in [-0.2, -0.15) is 0 Å². The first-order valence-corrected chi connectivity index (χ1v) is 9.82. The van der Waals surface area contributed by atoms with Gasteiger partial charge >= 0.3 is 0 Å². The van der Waals surface area contributed by atoms with Crippen LogP contribution < -0.4 is 5.73 Å². The van der Waals surface area contributed by atoms with E-state index in [4.69, 9.17) is 10.8 Å². The lowest BCUT2D eigenvalue weighted by molar-refractivity contribution is 0.109. The topological polar surface area (TPSA) is 66.5 Å². The maximum Gasteiger partial charge on any atom is 0.0963 e. The molecule has 138 valence electrons. The molecule has 3 heteroatoms. The molecular formula is C21H37NO2. The minimum Gasteiger partial charge on any atom is -0.395 e. The quantitative estimate of drug-likeness (QED) is 0.438. The normalized spacial score (nSPS) is 13.8. The van der Waals surface area contributed by atoms with Gasteiger partial charge in [0.15, 0.2) is 0 Å². The molecule has 24 heavy (non-hydrogen) atoms. The molecule has 0 fully saturated rings. The zero-order valence-corrected chi connectivity index (χ0v) is 15.4.